The summed E-state index contributed by atoms with van der Waals surface area (Å²) in [4.78, 5) is 19.2. The van der Waals surface area contributed by atoms with Crippen LogP contribution in [0.1, 0.15) is 0 Å². The summed E-state index contributed by atoms with van der Waals surface area (Å²) in [6.07, 6.45) is 0. The number of ether oxygens (including phenoxy) is 1. The number of nitro benzene ring substituents is 1. The molecule has 0 aliphatic carbocycles. The molecule has 6 heteroatoms. The van der Waals surface area contributed by atoms with Crippen LogP contribution in [-0.2, 0) is 4.79 Å². The number of benzene rings is 1. The molecule has 0 atom stereocenters. The molecule has 5 nitrogen and oxygen atoms in total. The molecule has 0 aliphatic heterocycles. The summed E-state index contributed by atoms with van der Waals surface area (Å²) in [5, 5.41) is 10.2. The van der Waals surface area contributed by atoms with Crippen LogP contribution in [-0.4, -0.2) is 11.4 Å². The fourth-order valence-corrected chi connectivity index (χ4v) is 0.761. The number of carbonyl (C=O) groups is 1. The Hall–Kier alpha value is -1.98. The van der Waals surface area contributed by atoms with Crippen molar-refractivity contribution >= 4 is 12.2 Å². The van der Waals surface area contributed by atoms with Crippen LogP contribution in [0.15, 0.2) is 18.2 Å². The van der Waals surface area contributed by atoms with Gasteiger partial charge in [0.15, 0.2) is 0 Å². The minimum absolute atomic E-state index is 0.0666. The van der Waals surface area contributed by atoms with Crippen LogP contribution in [0.4, 0.5) is 10.1 Å². The van der Waals surface area contributed by atoms with Gasteiger partial charge in [-0.2, -0.15) is 4.39 Å². The standard InChI is InChI=1S/C7H4FNO4/c8-6-2-1-5(13-4-10)3-7(6)9(11)12/h1-4H. The number of nitrogens with zero attached hydrogens (tertiary/aromatic N) is 1. The van der Waals surface area contributed by atoms with Gasteiger partial charge >= 0.3 is 5.69 Å². The number of halogens is 1. The highest BCUT2D eigenvalue weighted by molar-refractivity contribution is 5.48. The SMILES string of the molecule is O=COc1ccc(F)c([N+](=O)[O-])c1. The molecule has 0 amide bonds. The Morgan fingerprint density at radius 3 is 2.77 bits per heavy atom. The van der Waals surface area contributed by atoms with Crippen molar-refractivity contribution in [2.24, 2.45) is 0 Å². The first-order chi connectivity index (χ1) is 6.15. The quantitative estimate of drug-likeness (QED) is 0.404. The lowest BCUT2D eigenvalue weighted by Gasteiger charge is -1.97. The summed E-state index contributed by atoms with van der Waals surface area (Å²) in [5.74, 6) is -1.04. The van der Waals surface area contributed by atoms with Crippen LogP contribution in [0.2, 0.25) is 0 Å². The van der Waals surface area contributed by atoms with Gasteiger partial charge in [0.2, 0.25) is 5.82 Å². The fraction of sp³-hybridized carbons (Fsp3) is 0. The lowest BCUT2D eigenvalue weighted by atomic mass is 10.3. The van der Waals surface area contributed by atoms with Gasteiger partial charge in [0, 0.05) is 0 Å². The third-order valence-electron chi connectivity index (χ3n) is 1.30. The number of carbonyl (C=O) groups excluding carboxylic acids is 1. The van der Waals surface area contributed by atoms with Gasteiger partial charge in [-0.05, 0) is 12.1 Å². The van der Waals surface area contributed by atoms with Gasteiger partial charge in [0.25, 0.3) is 6.47 Å². The first-order valence-electron chi connectivity index (χ1n) is 3.19. The van der Waals surface area contributed by atoms with Gasteiger partial charge in [-0.1, -0.05) is 0 Å². The minimum atomic E-state index is -0.969. The molecule has 0 spiro atoms. The Morgan fingerprint density at radius 2 is 2.23 bits per heavy atom. The molecule has 68 valence electrons. The van der Waals surface area contributed by atoms with Gasteiger partial charge in [-0.15, -0.1) is 0 Å². The summed E-state index contributed by atoms with van der Waals surface area (Å²) in [6.45, 7) is 0.108. The Morgan fingerprint density at radius 1 is 1.54 bits per heavy atom. The zero-order chi connectivity index (χ0) is 9.84. The van der Waals surface area contributed by atoms with Crippen molar-refractivity contribution in [1.82, 2.24) is 0 Å². The van der Waals surface area contributed by atoms with Crippen molar-refractivity contribution in [3.05, 3.63) is 34.1 Å². The largest absolute Gasteiger partial charge is 0.428 e. The second-order valence-electron chi connectivity index (χ2n) is 2.08. The highest BCUT2D eigenvalue weighted by Crippen LogP contribution is 2.22. The highest BCUT2D eigenvalue weighted by Gasteiger charge is 2.14. The van der Waals surface area contributed by atoms with Crippen LogP contribution < -0.4 is 4.74 Å². The van der Waals surface area contributed by atoms with E-state index >= 15 is 0 Å². The third kappa shape index (κ3) is 1.98. The Balaban J connectivity index is 3.10. The van der Waals surface area contributed by atoms with Crippen LogP contribution in [0, 0.1) is 15.9 Å². The zero-order valence-electron chi connectivity index (χ0n) is 6.27. The third-order valence-corrected chi connectivity index (χ3v) is 1.30. The molecule has 13 heavy (non-hydrogen) atoms. The van der Waals surface area contributed by atoms with E-state index in [1.165, 1.54) is 0 Å². The molecule has 0 aromatic heterocycles. The molecular formula is C7H4FNO4. The predicted molar refractivity (Wildman–Crippen MR) is 39.7 cm³/mol. The zero-order valence-corrected chi connectivity index (χ0v) is 6.27. The van der Waals surface area contributed by atoms with E-state index in [1.807, 2.05) is 0 Å². The Kier molecular flexibility index (Phi) is 2.53. The van der Waals surface area contributed by atoms with Gasteiger partial charge in [-0.25, -0.2) is 0 Å². The van der Waals surface area contributed by atoms with Crippen molar-refractivity contribution in [2.45, 2.75) is 0 Å². The van der Waals surface area contributed by atoms with Crippen molar-refractivity contribution < 1.29 is 18.8 Å². The molecule has 1 rings (SSSR count). The maximum atomic E-state index is 12.7. The van der Waals surface area contributed by atoms with Gasteiger partial charge < -0.3 is 4.74 Å². The van der Waals surface area contributed by atoms with E-state index in [-0.39, 0.29) is 12.2 Å². The lowest BCUT2D eigenvalue weighted by molar-refractivity contribution is -0.387. The second-order valence-corrected chi connectivity index (χ2v) is 2.08. The Labute approximate surface area is 71.9 Å². The molecule has 0 fully saturated rings. The van der Waals surface area contributed by atoms with E-state index in [2.05, 4.69) is 4.74 Å². The van der Waals surface area contributed by atoms with Crippen LogP contribution in [0.5, 0.6) is 5.75 Å². The average Bonchev–Trinajstić information content (AvgIpc) is 2.08. The van der Waals surface area contributed by atoms with E-state index in [9.17, 15) is 19.3 Å². The highest BCUT2D eigenvalue weighted by atomic mass is 19.1. The molecule has 0 heterocycles. The van der Waals surface area contributed by atoms with Gasteiger partial charge in [0.1, 0.15) is 5.75 Å². The molecule has 0 saturated heterocycles. The monoisotopic (exact) mass is 185 g/mol. The van der Waals surface area contributed by atoms with E-state index in [1.54, 1.807) is 0 Å². The van der Waals surface area contributed by atoms with Gasteiger partial charge in [0.05, 0.1) is 11.0 Å². The average molecular weight is 185 g/mol. The normalized spacial score (nSPS) is 9.31. The smallest absolute Gasteiger partial charge is 0.308 e. The number of nitro groups is 1. The lowest BCUT2D eigenvalue weighted by Crippen LogP contribution is -1.94. The van der Waals surface area contributed by atoms with Crippen molar-refractivity contribution in [1.29, 1.82) is 0 Å². The van der Waals surface area contributed by atoms with E-state index in [4.69, 9.17) is 0 Å². The topological polar surface area (TPSA) is 69.4 Å². The summed E-state index contributed by atoms with van der Waals surface area (Å²) in [7, 11) is 0. The number of rotatable bonds is 3. The summed E-state index contributed by atoms with van der Waals surface area (Å²) in [6, 6.07) is 2.82. The molecule has 0 aliphatic rings. The molecule has 1 aromatic rings. The van der Waals surface area contributed by atoms with Gasteiger partial charge in [-0.3, -0.25) is 14.9 Å². The van der Waals surface area contributed by atoms with E-state index in [0.29, 0.717) is 0 Å². The summed E-state index contributed by atoms with van der Waals surface area (Å²) in [5.41, 5.74) is -0.723. The van der Waals surface area contributed by atoms with Crippen molar-refractivity contribution in [2.75, 3.05) is 0 Å². The van der Waals surface area contributed by atoms with Crippen LogP contribution in [0.3, 0.4) is 0 Å². The molecule has 0 N–H and O–H groups in total. The van der Waals surface area contributed by atoms with Crippen molar-refractivity contribution in [3.63, 3.8) is 0 Å². The Bertz CT molecular complexity index is 352. The van der Waals surface area contributed by atoms with E-state index in [0.717, 1.165) is 18.2 Å². The predicted octanol–water partition coefficient (Wildman–Crippen LogP) is 1.27. The minimum Gasteiger partial charge on any atom is -0.428 e. The summed E-state index contributed by atoms with van der Waals surface area (Å²) >= 11 is 0. The first kappa shape index (κ1) is 9.11. The first-order valence-corrected chi connectivity index (χ1v) is 3.19. The number of hydrogen-bond acceptors (Lipinski definition) is 4. The van der Waals surface area contributed by atoms with E-state index < -0.39 is 16.4 Å². The van der Waals surface area contributed by atoms with Crippen LogP contribution >= 0.6 is 0 Å². The van der Waals surface area contributed by atoms with Crippen molar-refractivity contribution in [3.8, 4) is 5.75 Å². The molecule has 0 radical (unpaired) electrons. The molecular weight excluding hydrogens is 181 g/mol. The molecule has 1 aromatic carbocycles. The molecule has 0 unspecified atom stereocenters. The maximum absolute atomic E-state index is 12.7. The fourth-order valence-electron chi connectivity index (χ4n) is 0.761. The maximum Gasteiger partial charge on any atom is 0.308 e. The molecule has 0 saturated carbocycles. The second kappa shape index (κ2) is 3.61. The summed E-state index contributed by atoms with van der Waals surface area (Å²) < 4.78 is 17.0. The number of hydrogen-bond donors (Lipinski definition) is 0. The molecule has 0 bridgehead atoms. The van der Waals surface area contributed by atoms with Crippen LogP contribution in [0.25, 0.3) is 0 Å².